The summed E-state index contributed by atoms with van der Waals surface area (Å²) in [5.41, 5.74) is 7.13. The van der Waals surface area contributed by atoms with Gasteiger partial charge >= 0.3 is 6.18 Å². The van der Waals surface area contributed by atoms with Gasteiger partial charge < -0.3 is 0 Å². The molecule has 0 saturated carbocycles. The van der Waals surface area contributed by atoms with E-state index in [4.69, 9.17) is 0 Å². The van der Waals surface area contributed by atoms with Crippen LogP contribution in [0.5, 0.6) is 0 Å². The van der Waals surface area contributed by atoms with Gasteiger partial charge in [-0.1, -0.05) is 154 Å². The summed E-state index contributed by atoms with van der Waals surface area (Å²) in [5, 5.41) is 11.5. The van der Waals surface area contributed by atoms with Crippen LogP contribution in [-0.4, -0.2) is 0 Å². The third-order valence-corrected chi connectivity index (χ3v) is 10.4. The molecule has 0 fully saturated rings. The smallest absolute Gasteiger partial charge is 0.166 e. The maximum atomic E-state index is 13.5. The zero-order valence-electron chi connectivity index (χ0n) is 28.0. The first-order chi connectivity index (χ1) is 24.1. The normalized spacial score (nSPS) is 12.6. The minimum absolute atomic E-state index is 0.0852. The Morgan fingerprint density at radius 3 is 1.28 bits per heavy atom. The lowest BCUT2D eigenvalue weighted by Crippen LogP contribution is -2.10. The molecule has 9 aromatic rings. The van der Waals surface area contributed by atoms with Crippen molar-refractivity contribution >= 4 is 53.9 Å². The molecule has 50 heavy (non-hydrogen) atoms. The Balaban J connectivity index is 1.32. The molecule has 0 saturated heterocycles. The molecule has 0 aliphatic carbocycles. The van der Waals surface area contributed by atoms with Gasteiger partial charge in [-0.25, -0.2) is 0 Å². The van der Waals surface area contributed by atoms with Crippen LogP contribution in [0.2, 0.25) is 0 Å². The molecule has 0 unspecified atom stereocenters. The number of halogens is 3. The lowest BCUT2D eigenvalue weighted by atomic mass is 9.82. The van der Waals surface area contributed by atoms with E-state index in [0.717, 1.165) is 43.8 Å². The molecule has 0 radical (unpaired) electrons. The van der Waals surface area contributed by atoms with Crippen LogP contribution in [0.1, 0.15) is 31.9 Å². The van der Waals surface area contributed by atoms with Crippen LogP contribution < -0.4 is 0 Å². The number of fused-ring (bicyclic) bond motifs is 2. The predicted octanol–water partition coefficient (Wildman–Crippen LogP) is 14.2. The summed E-state index contributed by atoms with van der Waals surface area (Å²) in [6.07, 6.45) is -4.39. The van der Waals surface area contributed by atoms with Gasteiger partial charge in [0.25, 0.3) is 0 Å². The third kappa shape index (κ3) is 4.68. The van der Waals surface area contributed by atoms with Crippen molar-refractivity contribution in [2.24, 2.45) is 0 Å². The van der Waals surface area contributed by atoms with E-state index >= 15 is 0 Å². The summed E-state index contributed by atoms with van der Waals surface area (Å²) in [6, 6.07) is 49.1. The molecule has 0 aliphatic heterocycles. The average Bonchev–Trinajstić information content (AvgIpc) is 3.12. The lowest BCUT2D eigenvalue weighted by Gasteiger charge is -2.21. The van der Waals surface area contributed by atoms with Gasteiger partial charge in [0, 0.05) is 0 Å². The van der Waals surface area contributed by atoms with Crippen molar-refractivity contribution in [1.82, 2.24) is 0 Å². The van der Waals surface area contributed by atoms with E-state index in [-0.39, 0.29) is 5.41 Å². The first-order valence-electron chi connectivity index (χ1n) is 17.0. The maximum absolute atomic E-state index is 13.5. The SMILES string of the molecule is CC(C)(C)c1ccc(-c2ccc3ccc4c(-c5c6ccccc6c(-c6ccc(C(F)(F)F)cc6)c6ccccc56)ccc5ccc2c3c54)cc1. The van der Waals surface area contributed by atoms with Crippen LogP contribution in [0.15, 0.2) is 146 Å². The Labute approximate surface area is 288 Å². The quantitative estimate of drug-likeness (QED) is 0.131. The Morgan fingerprint density at radius 2 is 0.780 bits per heavy atom. The molecule has 9 rings (SSSR count). The van der Waals surface area contributed by atoms with Gasteiger partial charge in [-0.2, -0.15) is 13.2 Å². The van der Waals surface area contributed by atoms with E-state index in [9.17, 15) is 13.2 Å². The van der Waals surface area contributed by atoms with E-state index < -0.39 is 11.7 Å². The minimum Gasteiger partial charge on any atom is -0.166 e. The summed E-state index contributed by atoms with van der Waals surface area (Å²) in [7, 11) is 0. The van der Waals surface area contributed by atoms with Gasteiger partial charge in [-0.15, -0.1) is 0 Å². The Hall–Kier alpha value is -5.67. The van der Waals surface area contributed by atoms with Crippen LogP contribution in [-0.2, 0) is 11.6 Å². The molecule has 242 valence electrons. The second kappa shape index (κ2) is 10.9. The Bertz CT molecular complexity index is 2690. The fraction of sp³-hybridized carbons (Fsp3) is 0.106. The second-order valence-corrected chi connectivity index (χ2v) is 14.4. The van der Waals surface area contributed by atoms with Crippen molar-refractivity contribution in [3.05, 3.63) is 157 Å². The summed E-state index contributed by atoms with van der Waals surface area (Å²) in [6.45, 7) is 6.72. The summed E-state index contributed by atoms with van der Waals surface area (Å²) in [4.78, 5) is 0. The second-order valence-electron chi connectivity index (χ2n) is 14.4. The van der Waals surface area contributed by atoms with Crippen LogP contribution in [0.4, 0.5) is 13.2 Å². The first kappa shape index (κ1) is 30.4. The molecule has 3 heteroatoms. The highest BCUT2D eigenvalue weighted by Crippen LogP contribution is 2.48. The molecule has 0 bridgehead atoms. The highest BCUT2D eigenvalue weighted by atomic mass is 19.4. The van der Waals surface area contributed by atoms with Crippen LogP contribution in [0.25, 0.3) is 87.2 Å². The average molecular weight is 655 g/mol. The zero-order valence-corrected chi connectivity index (χ0v) is 28.0. The van der Waals surface area contributed by atoms with Crippen molar-refractivity contribution in [2.45, 2.75) is 32.4 Å². The third-order valence-electron chi connectivity index (χ3n) is 10.4. The topological polar surface area (TPSA) is 0 Å². The van der Waals surface area contributed by atoms with Crippen LogP contribution in [0, 0.1) is 0 Å². The van der Waals surface area contributed by atoms with Gasteiger partial charge in [0.15, 0.2) is 0 Å². The fourth-order valence-corrected chi connectivity index (χ4v) is 7.98. The van der Waals surface area contributed by atoms with E-state index in [1.54, 1.807) is 12.1 Å². The molecule has 0 N–H and O–H groups in total. The Kier molecular flexibility index (Phi) is 6.64. The number of benzene rings is 9. The monoisotopic (exact) mass is 654 g/mol. The van der Waals surface area contributed by atoms with Crippen LogP contribution >= 0.6 is 0 Å². The van der Waals surface area contributed by atoms with Gasteiger partial charge in [-0.05, 0) is 110 Å². The number of rotatable bonds is 3. The van der Waals surface area contributed by atoms with Crippen LogP contribution in [0.3, 0.4) is 0 Å². The highest BCUT2D eigenvalue weighted by Gasteiger charge is 2.30. The van der Waals surface area contributed by atoms with E-state index in [1.165, 1.54) is 61.1 Å². The lowest BCUT2D eigenvalue weighted by molar-refractivity contribution is -0.137. The predicted molar refractivity (Wildman–Crippen MR) is 205 cm³/mol. The minimum atomic E-state index is -4.39. The number of hydrogen-bond acceptors (Lipinski definition) is 0. The van der Waals surface area contributed by atoms with Gasteiger partial charge in [0.1, 0.15) is 0 Å². The molecule has 0 amide bonds. The highest BCUT2D eigenvalue weighted by molar-refractivity contribution is 6.30. The summed E-state index contributed by atoms with van der Waals surface area (Å²) in [5.74, 6) is 0. The number of alkyl halides is 3. The van der Waals surface area contributed by atoms with Gasteiger partial charge in [0.05, 0.1) is 5.56 Å². The van der Waals surface area contributed by atoms with Crippen molar-refractivity contribution in [3.63, 3.8) is 0 Å². The number of hydrogen-bond donors (Lipinski definition) is 0. The van der Waals surface area contributed by atoms with Crippen molar-refractivity contribution in [1.29, 1.82) is 0 Å². The van der Waals surface area contributed by atoms with Gasteiger partial charge in [0.2, 0.25) is 0 Å². The molecular weight excluding hydrogens is 622 g/mol. The van der Waals surface area contributed by atoms with E-state index in [0.29, 0.717) is 0 Å². The van der Waals surface area contributed by atoms with Crippen molar-refractivity contribution in [2.75, 3.05) is 0 Å². The van der Waals surface area contributed by atoms with Crippen molar-refractivity contribution < 1.29 is 13.2 Å². The fourth-order valence-electron chi connectivity index (χ4n) is 7.98. The molecule has 0 aliphatic rings. The molecule has 0 heterocycles. The maximum Gasteiger partial charge on any atom is 0.416 e. The largest absolute Gasteiger partial charge is 0.416 e. The summed E-state index contributed by atoms with van der Waals surface area (Å²) >= 11 is 0. The van der Waals surface area contributed by atoms with E-state index in [2.05, 4.69) is 118 Å². The molecule has 0 aromatic heterocycles. The van der Waals surface area contributed by atoms with E-state index in [1.807, 2.05) is 24.3 Å². The van der Waals surface area contributed by atoms with Crippen molar-refractivity contribution in [3.8, 4) is 33.4 Å². The zero-order chi connectivity index (χ0) is 34.4. The molecule has 9 aromatic carbocycles. The molecule has 0 spiro atoms. The molecule has 0 atom stereocenters. The van der Waals surface area contributed by atoms with Gasteiger partial charge in [-0.3, -0.25) is 0 Å². The molecule has 0 nitrogen and oxygen atoms in total. The molecular formula is C47H33F3. The Morgan fingerprint density at radius 1 is 0.360 bits per heavy atom. The summed E-state index contributed by atoms with van der Waals surface area (Å²) < 4.78 is 40.5. The first-order valence-corrected chi connectivity index (χ1v) is 17.0. The standard InChI is InChI=1S/C47H33F3/c1-46(2,3)32-20-12-28(13-21-32)34-24-16-30-18-26-40-41(27-19-31-17-25-39(34)43(30)44(31)40)45-37-10-6-4-8-35(37)42(36-9-5-7-11-38(36)45)29-14-22-33(23-15-29)47(48,49)50/h4-27H,1-3H3.